The zero-order chi connectivity index (χ0) is 28.1. The molecule has 10 aromatic rings. The van der Waals surface area contributed by atoms with Crippen LogP contribution in [-0.2, 0) is 0 Å². The van der Waals surface area contributed by atoms with Crippen LogP contribution in [0.25, 0.3) is 85.9 Å². The van der Waals surface area contributed by atoms with Gasteiger partial charge in [-0.2, -0.15) is 0 Å². The monoisotopic (exact) mass is 564 g/mol. The summed E-state index contributed by atoms with van der Waals surface area (Å²) in [6.45, 7) is 0. The molecule has 43 heavy (non-hydrogen) atoms. The van der Waals surface area contributed by atoms with Gasteiger partial charge in [0.2, 0.25) is 0 Å². The lowest BCUT2D eigenvalue weighted by Crippen LogP contribution is -1.98. The topological polar surface area (TPSA) is 9.86 Å². The molecule has 10 rings (SSSR count). The number of rotatable bonds is 2. The van der Waals surface area contributed by atoms with Crippen molar-refractivity contribution in [3.05, 3.63) is 146 Å². The van der Waals surface area contributed by atoms with Crippen molar-refractivity contribution in [2.45, 2.75) is 0 Å². The quantitative estimate of drug-likeness (QED) is 0.198. The third-order valence-corrected chi connectivity index (χ3v) is 10.3. The first-order chi connectivity index (χ1) is 21.4. The maximum Gasteiger partial charge on any atom is 0.0726 e. The molecule has 3 heteroatoms. The van der Waals surface area contributed by atoms with Gasteiger partial charge in [-0.1, -0.05) is 103 Å². The van der Waals surface area contributed by atoms with Gasteiger partial charge < -0.3 is 9.13 Å². The molecule has 0 amide bonds. The van der Waals surface area contributed by atoms with Crippen molar-refractivity contribution < 1.29 is 0 Å². The Balaban J connectivity index is 1.38. The van der Waals surface area contributed by atoms with E-state index < -0.39 is 0 Å². The summed E-state index contributed by atoms with van der Waals surface area (Å²) < 4.78 is 7.58. The van der Waals surface area contributed by atoms with E-state index in [1.165, 1.54) is 80.2 Å². The Kier molecular flexibility index (Phi) is 4.63. The second-order valence-corrected chi connectivity index (χ2v) is 12.4. The lowest BCUT2D eigenvalue weighted by Gasteiger charge is -2.13. The Bertz CT molecular complexity index is 2680. The van der Waals surface area contributed by atoms with E-state index in [0.29, 0.717) is 0 Å². The highest BCUT2D eigenvalue weighted by Gasteiger charge is 2.22. The molecule has 2 nitrogen and oxygen atoms in total. The Morgan fingerprint density at radius 2 is 0.860 bits per heavy atom. The summed E-state index contributed by atoms with van der Waals surface area (Å²) in [4.78, 5) is 0. The first kappa shape index (κ1) is 23.2. The normalized spacial score (nSPS) is 12.2. The summed E-state index contributed by atoms with van der Waals surface area (Å²) in [6, 6.07) is 53.2. The first-order valence-electron chi connectivity index (χ1n) is 14.7. The summed E-state index contributed by atoms with van der Waals surface area (Å²) in [5.74, 6) is 0. The van der Waals surface area contributed by atoms with Gasteiger partial charge in [0.1, 0.15) is 0 Å². The third kappa shape index (κ3) is 3.07. The zero-order valence-corrected chi connectivity index (χ0v) is 24.0. The molecule has 0 aliphatic rings. The average Bonchev–Trinajstić information content (AvgIpc) is 3.73. The van der Waals surface area contributed by atoms with E-state index in [1.54, 1.807) is 0 Å². The minimum absolute atomic E-state index is 1.16. The van der Waals surface area contributed by atoms with Crippen LogP contribution in [0.5, 0.6) is 0 Å². The number of aromatic nitrogens is 2. The van der Waals surface area contributed by atoms with Gasteiger partial charge in [-0.3, -0.25) is 0 Å². The second kappa shape index (κ2) is 8.57. The van der Waals surface area contributed by atoms with Gasteiger partial charge in [-0.05, 0) is 53.2 Å². The molecular weight excluding hydrogens is 541 g/mol. The lowest BCUT2D eigenvalue weighted by molar-refractivity contribution is 1.14. The number of thiophene rings is 1. The first-order valence-corrected chi connectivity index (χ1v) is 15.5. The van der Waals surface area contributed by atoms with Crippen LogP contribution in [0.3, 0.4) is 0 Å². The standard InChI is InChI=1S/C40H24N2S/c1-2-17-30-29(16-1)37-31-18-5-9-22-35(31)42(39(37)40-38(30)32-19-6-10-23-36(32)43-40)26-13-11-12-25(24-26)41-33-20-7-3-14-27(33)28-15-4-8-21-34(28)41/h1-24H. The van der Waals surface area contributed by atoms with E-state index in [0.717, 1.165) is 5.69 Å². The minimum Gasteiger partial charge on any atom is -0.309 e. The van der Waals surface area contributed by atoms with Gasteiger partial charge in [-0.15, -0.1) is 11.3 Å². The third-order valence-electron chi connectivity index (χ3n) is 9.08. The summed E-state index contributed by atoms with van der Waals surface area (Å²) in [5, 5.41) is 10.5. The summed E-state index contributed by atoms with van der Waals surface area (Å²) in [5.41, 5.74) is 7.29. The van der Waals surface area contributed by atoms with Crippen LogP contribution in [0.4, 0.5) is 0 Å². The number of hydrogen-bond acceptors (Lipinski definition) is 1. The van der Waals surface area contributed by atoms with Crippen molar-refractivity contribution in [3.63, 3.8) is 0 Å². The molecule has 0 atom stereocenters. The van der Waals surface area contributed by atoms with Crippen LogP contribution in [-0.4, -0.2) is 9.13 Å². The number of nitrogens with zero attached hydrogens (tertiary/aromatic N) is 2. The SMILES string of the molecule is c1cc(-n2c3ccccc3c3ccccc32)cc(-n2c3ccccc3c3c4ccccc4c4c5ccccc5sc4c32)c1. The van der Waals surface area contributed by atoms with E-state index in [9.17, 15) is 0 Å². The van der Waals surface area contributed by atoms with Crippen LogP contribution >= 0.6 is 11.3 Å². The fraction of sp³-hybridized carbons (Fsp3) is 0. The molecule has 0 saturated carbocycles. The Hall–Kier alpha value is -5.38. The second-order valence-electron chi connectivity index (χ2n) is 11.3. The zero-order valence-electron chi connectivity index (χ0n) is 23.2. The molecule has 0 saturated heterocycles. The van der Waals surface area contributed by atoms with Crippen molar-refractivity contribution in [2.24, 2.45) is 0 Å². The number of hydrogen-bond donors (Lipinski definition) is 0. The van der Waals surface area contributed by atoms with Gasteiger partial charge in [0, 0.05) is 48.4 Å². The highest BCUT2D eigenvalue weighted by atomic mass is 32.1. The molecule has 0 spiro atoms. The predicted octanol–water partition coefficient (Wildman–Crippen LogP) is 11.4. The van der Waals surface area contributed by atoms with Gasteiger partial charge in [0.25, 0.3) is 0 Å². The predicted molar refractivity (Wildman–Crippen MR) is 186 cm³/mol. The molecule has 3 aromatic heterocycles. The minimum atomic E-state index is 1.16. The van der Waals surface area contributed by atoms with Crippen molar-refractivity contribution >= 4 is 85.9 Å². The van der Waals surface area contributed by atoms with Crippen molar-refractivity contribution in [3.8, 4) is 11.4 Å². The van der Waals surface area contributed by atoms with E-state index >= 15 is 0 Å². The summed E-state index contributed by atoms with van der Waals surface area (Å²) in [7, 11) is 0. The van der Waals surface area contributed by atoms with E-state index in [-0.39, 0.29) is 0 Å². The fourth-order valence-electron chi connectivity index (χ4n) is 7.37. The molecule has 0 fully saturated rings. The Morgan fingerprint density at radius 1 is 0.372 bits per heavy atom. The van der Waals surface area contributed by atoms with Crippen LogP contribution in [0, 0.1) is 0 Å². The molecule has 0 aliphatic heterocycles. The molecule has 0 radical (unpaired) electrons. The van der Waals surface area contributed by atoms with Gasteiger partial charge in [0.05, 0.1) is 26.8 Å². The number of para-hydroxylation sites is 3. The largest absolute Gasteiger partial charge is 0.309 e. The smallest absolute Gasteiger partial charge is 0.0726 e. The molecular formula is C40H24N2S. The molecule has 7 aromatic carbocycles. The molecule has 3 heterocycles. The fourth-order valence-corrected chi connectivity index (χ4v) is 8.62. The molecule has 0 N–H and O–H groups in total. The van der Waals surface area contributed by atoms with Crippen LogP contribution in [0.1, 0.15) is 0 Å². The number of fused-ring (bicyclic) bond motifs is 13. The van der Waals surface area contributed by atoms with E-state index in [2.05, 4.69) is 155 Å². The van der Waals surface area contributed by atoms with E-state index in [4.69, 9.17) is 0 Å². The van der Waals surface area contributed by atoms with Crippen LogP contribution in [0.15, 0.2) is 146 Å². The Morgan fingerprint density at radius 3 is 1.53 bits per heavy atom. The lowest BCUT2D eigenvalue weighted by atomic mass is 9.99. The van der Waals surface area contributed by atoms with Crippen molar-refractivity contribution in [1.29, 1.82) is 0 Å². The highest BCUT2D eigenvalue weighted by molar-refractivity contribution is 7.27. The van der Waals surface area contributed by atoms with E-state index in [1.807, 2.05) is 11.3 Å². The molecule has 0 aliphatic carbocycles. The van der Waals surface area contributed by atoms with Crippen molar-refractivity contribution in [2.75, 3.05) is 0 Å². The van der Waals surface area contributed by atoms with Crippen LogP contribution in [0.2, 0.25) is 0 Å². The Labute approximate surface area is 251 Å². The molecule has 0 unspecified atom stereocenters. The van der Waals surface area contributed by atoms with Gasteiger partial charge in [-0.25, -0.2) is 0 Å². The van der Waals surface area contributed by atoms with Gasteiger partial charge >= 0.3 is 0 Å². The summed E-state index contributed by atoms with van der Waals surface area (Å²) >= 11 is 1.91. The maximum atomic E-state index is 2.51. The van der Waals surface area contributed by atoms with Gasteiger partial charge in [0.15, 0.2) is 0 Å². The number of benzene rings is 7. The molecule has 200 valence electrons. The van der Waals surface area contributed by atoms with Crippen molar-refractivity contribution in [1.82, 2.24) is 9.13 Å². The summed E-state index contributed by atoms with van der Waals surface area (Å²) in [6.07, 6.45) is 0. The molecule has 0 bridgehead atoms. The highest BCUT2D eigenvalue weighted by Crippen LogP contribution is 2.47. The van der Waals surface area contributed by atoms with Crippen LogP contribution < -0.4 is 0 Å². The average molecular weight is 565 g/mol. The maximum absolute atomic E-state index is 2.51.